The van der Waals surface area contributed by atoms with Crippen LogP contribution in [0, 0.1) is 17.6 Å². The largest absolute Gasteiger partial charge is 0.504 e. The number of rotatable bonds is 3. The predicted octanol–water partition coefficient (Wildman–Crippen LogP) is 1.74. The molecule has 5 heteroatoms. The van der Waals surface area contributed by atoms with E-state index in [1.165, 1.54) is 6.07 Å². The summed E-state index contributed by atoms with van der Waals surface area (Å²) in [4.78, 5) is 0. The minimum atomic E-state index is -1.36. The molecule has 0 heterocycles. The van der Waals surface area contributed by atoms with Gasteiger partial charge in [0.25, 0.3) is 0 Å². The quantitative estimate of drug-likeness (QED) is 0.681. The first kappa shape index (κ1) is 10.5. The van der Waals surface area contributed by atoms with Gasteiger partial charge in [0.2, 0.25) is 0 Å². The molecule has 1 aliphatic carbocycles. The van der Waals surface area contributed by atoms with E-state index in [9.17, 15) is 8.78 Å². The molecule has 1 nitrogen and oxygen atoms in total. The minimum Gasteiger partial charge on any atom is -0.504 e. The Morgan fingerprint density at radius 2 is 1.93 bits per heavy atom. The molecule has 1 aromatic carbocycles. The number of benzene rings is 1. The van der Waals surface area contributed by atoms with Crippen LogP contribution < -0.4 is 4.74 Å². The second-order valence-electron chi connectivity index (χ2n) is 3.80. The molecule has 0 aliphatic heterocycles. The minimum absolute atomic E-state index is 0.0435. The number of hydrogen-bond donors (Lipinski definition) is 0. The third-order valence-corrected chi connectivity index (χ3v) is 2.40. The highest BCUT2D eigenvalue weighted by Gasteiger charge is 2.38. The SMILES string of the molecule is [B]C([B])(Oc1ccc(F)cc1F)C1CC1. The molecule has 0 spiro atoms. The Bertz CT molecular complexity index is 378. The summed E-state index contributed by atoms with van der Waals surface area (Å²) in [7, 11) is 11.3. The second-order valence-corrected chi connectivity index (χ2v) is 3.80. The Morgan fingerprint density at radius 3 is 2.47 bits per heavy atom. The molecular formula is C10H8B2F2O. The molecule has 15 heavy (non-hydrogen) atoms. The van der Waals surface area contributed by atoms with E-state index in [4.69, 9.17) is 20.4 Å². The van der Waals surface area contributed by atoms with E-state index in [-0.39, 0.29) is 11.7 Å². The van der Waals surface area contributed by atoms with Crippen LogP contribution in [0.15, 0.2) is 18.2 Å². The van der Waals surface area contributed by atoms with Crippen LogP contribution in [0.4, 0.5) is 8.78 Å². The summed E-state index contributed by atoms with van der Waals surface area (Å²) >= 11 is 0. The molecule has 0 N–H and O–H groups in total. The summed E-state index contributed by atoms with van der Waals surface area (Å²) in [5, 5.41) is -1.36. The van der Waals surface area contributed by atoms with Gasteiger partial charge < -0.3 is 4.74 Å². The van der Waals surface area contributed by atoms with Crippen molar-refractivity contribution in [2.24, 2.45) is 5.92 Å². The zero-order chi connectivity index (χ0) is 11.1. The lowest BCUT2D eigenvalue weighted by molar-refractivity contribution is 0.206. The van der Waals surface area contributed by atoms with Crippen LogP contribution in [-0.4, -0.2) is 21.1 Å². The van der Waals surface area contributed by atoms with Crippen LogP contribution in [0.3, 0.4) is 0 Å². The van der Waals surface area contributed by atoms with E-state index in [2.05, 4.69) is 0 Å². The molecule has 0 saturated heterocycles. The summed E-state index contributed by atoms with van der Waals surface area (Å²) in [5.41, 5.74) is 0. The molecular weight excluding hydrogens is 196 g/mol. The van der Waals surface area contributed by atoms with Crippen molar-refractivity contribution in [2.75, 3.05) is 0 Å². The molecule has 74 valence electrons. The maximum Gasteiger partial charge on any atom is 0.167 e. The molecule has 1 saturated carbocycles. The Kier molecular flexibility index (Phi) is 2.49. The van der Waals surface area contributed by atoms with Crippen molar-refractivity contribution in [3.63, 3.8) is 0 Å². The Hall–Kier alpha value is -0.990. The molecule has 0 unspecified atom stereocenters. The highest BCUT2D eigenvalue weighted by molar-refractivity contribution is 6.39. The predicted molar refractivity (Wildman–Crippen MR) is 53.9 cm³/mol. The molecule has 0 amide bonds. The second kappa shape index (κ2) is 3.54. The number of halogens is 2. The average molecular weight is 204 g/mol. The van der Waals surface area contributed by atoms with E-state index in [0.717, 1.165) is 25.0 Å². The van der Waals surface area contributed by atoms with Gasteiger partial charge in [-0.1, -0.05) is 0 Å². The number of ether oxygens (including phenoxy) is 1. The monoisotopic (exact) mass is 204 g/mol. The fourth-order valence-corrected chi connectivity index (χ4v) is 1.37. The zero-order valence-corrected chi connectivity index (χ0v) is 8.04. The Labute approximate surface area is 89.6 Å². The van der Waals surface area contributed by atoms with E-state index < -0.39 is 17.0 Å². The van der Waals surface area contributed by atoms with Crippen LogP contribution in [0.2, 0.25) is 0 Å². The summed E-state index contributed by atoms with van der Waals surface area (Å²) in [6, 6.07) is 3.02. The molecule has 2 rings (SSSR count). The molecule has 4 radical (unpaired) electrons. The van der Waals surface area contributed by atoms with Crippen molar-refractivity contribution in [1.82, 2.24) is 0 Å². The Morgan fingerprint density at radius 1 is 1.27 bits per heavy atom. The molecule has 0 atom stereocenters. The lowest BCUT2D eigenvalue weighted by Crippen LogP contribution is -2.40. The third kappa shape index (κ3) is 2.33. The first-order chi connectivity index (χ1) is 6.99. The van der Waals surface area contributed by atoms with E-state index in [0.29, 0.717) is 0 Å². The first-order valence-corrected chi connectivity index (χ1v) is 4.71. The smallest absolute Gasteiger partial charge is 0.167 e. The fraction of sp³-hybridized carbons (Fsp3) is 0.400. The third-order valence-electron chi connectivity index (χ3n) is 2.40. The maximum atomic E-state index is 13.2. The fourth-order valence-electron chi connectivity index (χ4n) is 1.37. The number of hydrogen-bond acceptors (Lipinski definition) is 1. The van der Waals surface area contributed by atoms with Gasteiger partial charge in [-0.2, -0.15) is 0 Å². The Balaban J connectivity index is 2.16. The van der Waals surface area contributed by atoms with Crippen molar-refractivity contribution in [3.05, 3.63) is 29.8 Å². The lowest BCUT2D eigenvalue weighted by Gasteiger charge is -2.28. The normalized spacial score (nSPS) is 16.4. The average Bonchev–Trinajstić information content (AvgIpc) is 2.92. The van der Waals surface area contributed by atoms with Crippen molar-refractivity contribution >= 4 is 15.7 Å². The van der Waals surface area contributed by atoms with Gasteiger partial charge in [-0.3, -0.25) is 0 Å². The molecule has 0 aromatic heterocycles. The summed E-state index contributed by atoms with van der Waals surface area (Å²) in [5.74, 6) is -1.53. The highest BCUT2D eigenvalue weighted by atomic mass is 19.1. The van der Waals surface area contributed by atoms with E-state index in [1.54, 1.807) is 0 Å². The van der Waals surface area contributed by atoms with Gasteiger partial charge in [0.05, 0.1) is 0 Å². The van der Waals surface area contributed by atoms with Gasteiger partial charge in [-0.05, 0) is 30.9 Å². The van der Waals surface area contributed by atoms with Crippen LogP contribution >= 0.6 is 0 Å². The molecule has 1 aromatic rings. The summed E-state index contributed by atoms with van der Waals surface area (Å²) in [6.45, 7) is 0. The van der Waals surface area contributed by atoms with Crippen LogP contribution in [0.25, 0.3) is 0 Å². The van der Waals surface area contributed by atoms with Crippen molar-refractivity contribution in [3.8, 4) is 5.75 Å². The van der Waals surface area contributed by atoms with E-state index >= 15 is 0 Å². The topological polar surface area (TPSA) is 9.23 Å². The van der Waals surface area contributed by atoms with Crippen LogP contribution in [0.1, 0.15) is 12.8 Å². The molecule has 0 bridgehead atoms. The maximum absolute atomic E-state index is 13.2. The first-order valence-electron chi connectivity index (χ1n) is 4.71. The van der Waals surface area contributed by atoms with Gasteiger partial charge in [0, 0.05) is 11.5 Å². The van der Waals surface area contributed by atoms with Crippen molar-refractivity contribution < 1.29 is 13.5 Å². The zero-order valence-electron chi connectivity index (χ0n) is 8.04. The van der Waals surface area contributed by atoms with Gasteiger partial charge in [0.15, 0.2) is 11.6 Å². The lowest BCUT2D eigenvalue weighted by atomic mass is 9.62. The van der Waals surface area contributed by atoms with E-state index in [1.807, 2.05) is 0 Å². The molecule has 1 aliphatic rings. The summed E-state index contributed by atoms with van der Waals surface area (Å²) < 4.78 is 30.9. The van der Waals surface area contributed by atoms with Crippen molar-refractivity contribution in [1.29, 1.82) is 0 Å². The van der Waals surface area contributed by atoms with Crippen molar-refractivity contribution in [2.45, 2.75) is 18.2 Å². The van der Waals surface area contributed by atoms with Gasteiger partial charge >= 0.3 is 0 Å². The standard InChI is InChI=1S/C10H8B2F2O/c11-10(12,6-1-2-6)15-9-4-3-7(13)5-8(9)14/h3-6H,1-2H2. The molecule has 1 fully saturated rings. The van der Waals surface area contributed by atoms with Gasteiger partial charge in [-0.15, -0.1) is 0 Å². The summed E-state index contributed by atoms with van der Waals surface area (Å²) in [6.07, 6.45) is 1.74. The highest BCUT2D eigenvalue weighted by Crippen LogP contribution is 2.39. The van der Waals surface area contributed by atoms with Crippen LogP contribution in [0.5, 0.6) is 5.75 Å². The van der Waals surface area contributed by atoms with Crippen LogP contribution in [-0.2, 0) is 0 Å². The van der Waals surface area contributed by atoms with Gasteiger partial charge in [0.1, 0.15) is 21.5 Å². The van der Waals surface area contributed by atoms with Gasteiger partial charge in [-0.25, -0.2) is 8.78 Å².